The van der Waals surface area contributed by atoms with E-state index < -0.39 is 21.4 Å². The third kappa shape index (κ3) is 3.51. The second kappa shape index (κ2) is 7.20. The van der Waals surface area contributed by atoms with Crippen LogP contribution in [0.1, 0.15) is 10.4 Å². The van der Waals surface area contributed by atoms with Gasteiger partial charge >= 0.3 is 0 Å². The molecule has 138 valence electrons. The largest absolute Gasteiger partial charge is 0.495 e. The molecule has 0 unspecified atom stereocenters. The molecular weight excluding hydrogens is 381 g/mol. The SMILES string of the molecule is COc1ccc(F)cc1S(=O)(=O)NC[C@@](O)(c1ccoc1)c1cccs1. The van der Waals surface area contributed by atoms with Gasteiger partial charge in [-0.2, -0.15) is 0 Å². The lowest BCUT2D eigenvalue weighted by Gasteiger charge is -2.26. The summed E-state index contributed by atoms with van der Waals surface area (Å²) in [5.41, 5.74) is -1.23. The van der Waals surface area contributed by atoms with Crippen LogP contribution in [-0.2, 0) is 15.6 Å². The standard InChI is InChI=1S/C17H16FNO5S2/c1-23-14-5-4-13(18)9-15(14)26(21,22)19-11-17(20,12-6-7-24-10-12)16-3-2-8-25-16/h2-10,19-20H,11H2,1H3/t17-/m1/s1. The van der Waals surface area contributed by atoms with Gasteiger partial charge in [-0.15, -0.1) is 11.3 Å². The van der Waals surface area contributed by atoms with Crippen molar-refractivity contribution in [2.75, 3.05) is 13.7 Å². The van der Waals surface area contributed by atoms with Crippen LogP contribution in [0, 0.1) is 5.82 Å². The van der Waals surface area contributed by atoms with Gasteiger partial charge in [0, 0.05) is 17.0 Å². The fourth-order valence-electron chi connectivity index (χ4n) is 2.48. The van der Waals surface area contributed by atoms with Gasteiger partial charge in [0.1, 0.15) is 22.1 Å². The maximum Gasteiger partial charge on any atom is 0.244 e. The zero-order valence-electron chi connectivity index (χ0n) is 13.7. The van der Waals surface area contributed by atoms with Gasteiger partial charge in [0.15, 0.2) is 0 Å². The molecule has 2 heterocycles. The highest BCUT2D eigenvalue weighted by atomic mass is 32.2. The van der Waals surface area contributed by atoms with Crippen molar-refractivity contribution in [1.29, 1.82) is 0 Å². The Kier molecular flexibility index (Phi) is 5.15. The first-order valence-corrected chi connectivity index (χ1v) is 9.85. The molecule has 2 aromatic heterocycles. The Bertz CT molecular complexity index is 935. The van der Waals surface area contributed by atoms with Crippen molar-refractivity contribution < 1.29 is 27.1 Å². The molecule has 0 fully saturated rings. The molecule has 0 bridgehead atoms. The van der Waals surface area contributed by atoms with Crippen LogP contribution in [0.15, 0.2) is 63.6 Å². The quantitative estimate of drug-likeness (QED) is 0.640. The van der Waals surface area contributed by atoms with E-state index in [0.29, 0.717) is 10.4 Å². The molecule has 26 heavy (non-hydrogen) atoms. The molecule has 0 saturated heterocycles. The average molecular weight is 397 g/mol. The maximum absolute atomic E-state index is 13.5. The summed E-state index contributed by atoms with van der Waals surface area (Å²) in [6.07, 6.45) is 2.73. The number of rotatable bonds is 7. The minimum absolute atomic E-state index is 0.00174. The molecule has 9 heteroatoms. The number of halogens is 1. The van der Waals surface area contributed by atoms with E-state index in [9.17, 15) is 17.9 Å². The monoisotopic (exact) mass is 397 g/mol. The van der Waals surface area contributed by atoms with Crippen molar-refractivity contribution >= 4 is 21.4 Å². The number of hydrogen-bond donors (Lipinski definition) is 2. The van der Waals surface area contributed by atoms with E-state index in [-0.39, 0.29) is 17.2 Å². The van der Waals surface area contributed by atoms with E-state index in [2.05, 4.69) is 4.72 Å². The van der Waals surface area contributed by atoms with Gasteiger partial charge in [-0.05, 0) is 35.7 Å². The van der Waals surface area contributed by atoms with Crippen molar-refractivity contribution in [2.24, 2.45) is 0 Å². The molecule has 0 amide bonds. The fourth-order valence-corrected chi connectivity index (χ4v) is 4.57. The van der Waals surface area contributed by atoms with Crippen molar-refractivity contribution in [3.05, 3.63) is 70.6 Å². The van der Waals surface area contributed by atoms with E-state index in [1.165, 1.54) is 37.0 Å². The molecule has 2 N–H and O–H groups in total. The topological polar surface area (TPSA) is 88.8 Å². The molecule has 0 saturated carbocycles. The molecule has 3 aromatic rings. The lowest BCUT2D eigenvalue weighted by atomic mass is 9.95. The summed E-state index contributed by atoms with van der Waals surface area (Å²) >= 11 is 1.27. The van der Waals surface area contributed by atoms with Gasteiger partial charge in [-0.1, -0.05) is 6.07 Å². The Hall–Kier alpha value is -2.20. The van der Waals surface area contributed by atoms with E-state index in [4.69, 9.17) is 9.15 Å². The summed E-state index contributed by atoms with van der Waals surface area (Å²) in [4.78, 5) is 0.188. The Balaban J connectivity index is 1.94. The average Bonchev–Trinajstić information content (AvgIpc) is 3.33. The van der Waals surface area contributed by atoms with Gasteiger partial charge in [0.05, 0.1) is 19.6 Å². The second-order valence-corrected chi connectivity index (χ2v) is 8.15. The van der Waals surface area contributed by atoms with Gasteiger partial charge < -0.3 is 14.3 Å². The van der Waals surface area contributed by atoms with E-state index in [0.717, 1.165) is 12.1 Å². The summed E-state index contributed by atoms with van der Waals surface area (Å²) in [6, 6.07) is 8.18. The smallest absolute Gasteiger partial charge is 0.244 e. The Morgan fingerprint density at radius 3 is 2.77 bits per heavy atom. The number of nitrogens with one attached hydrogen (secondary N) is 1. The molecule has 0 aliphatic carbocycles. The van der Waals surface area contributed by atoms with Crippen LogP contribution in [0.3, 0.4) is 0 Å². The molecule has 0 aliphatic rings. The highest BCUT2D eigenvalue weighted by Gasteiger charge is 2.36. The Labute approximate surface area is 153 Å². The summed E-state index contributed by atoms with van der Waals surface area (Å²) in [5, 5.41) is 12.9. The number of methoxy groups -OCH3 is 1. The second-order valence-electron chi connectivity index (χ2n) is 5.47. The molecule has 0 aliphatic heterocycles. The number of aliphatic hydroxyl groups is 1. The fraction of sp³-hybridized carbons (Fsp3) is 0.176. The van der Waals surface area contributed by atoms with Crippen molar-refractivity contribution in [1.82, 2.24) is 4.72 Å². The van der Waals surface area contributed by atoms with Crippen LogP contribution >= 0.6 is 11.3 Å². The van der Waals surface area contributed by atoms with Gasteiger partial charge in [0.25, 0.3) is 0 Å². The number of hydrogen-bond acceptors (Lipinski definition) is 6. The number of ether oxygens (including phenoxy) is 1. The minimum Gasteiger partial charge on any atom is -0.495 e. The zero-order valence-corrected chi connectivity index (χ0v) is 15.3. The van der Waals surface area contributed by atoms with Gasteiger partial charge in [-0.25, -0.2) is 17.5 Å². The maximum atomic E-state index is 13.5. The summed E-state index contributed by atoms with van der Waals surface area (Å²) in [7, 11) is -2.85. The van der Waals surface area contributed by atoms with Crippen LogP contribution in [0.2, 0.25) is 0 Å². The Morgan fingerprint density at radius 1 is 1.35 bits per heavy atom. The highest BCUT2D eigenvalue weighted by Crippen LogP contribution is 2.33. The lowest BCUT2D eigenvalue weighted by Crippen LogP contribution is -2.41. The predicted molar refractivity (Wildman–Crippen MR) is 94.2 cm³/mol. The molecule has 0 radical (unpaired) electrons. The third-order valence-electron chi connectivity index (χ3n) is 3.86. The predicted octanol–water partition coefficient (Wildman–Crippen LogP) is 2.70. The van der Waals surface area contributed by atoms with E-state index in [1.54, 1.807) is 23.6 Å². The van der Waals surface area contributed by atoms with Crippen LogP contribution in [-0.4, -0.2) is 27.2 Å². The minimum atomic E-state index is -4.14. The van der Waals surface area contributed by atoms with Crippen molar-refractivity contribution in [2.45, 2.75) is 10.5 Å². The zero-order chi connectivity index (χ0) is 18.8. The molecule has 0 spiro atoms. The van der Waals surface area contributed by atoms with Crippen LogP contribution in [0.4, 0.5) is 4.39 Å². The van der Waals surface area contributed by atoms with Gasteiger partial charge in [-0.3, -0.25) is 0 Å². The first-order chi connectivity index (χ1) is 12.4. The van der Waals surface area contributed by atoms with Crippen LogP contribution in [0.5, 0.6) is 5.75 Å². The number of furan rings is 1. The van der Waals surface area contributed by atoms with Crippen LogP contribution < -0.4 is 9.46 Å². The summed E-state index contributed by atoms with van der Waals surface area (Å²) < 4.78 is 51.2. The lowest BCUT2D eigenvalue weighted by molar-refractivity contribution is 0.0891. The summed E-state index contributed by atoms with van der Waals surface area (Å²) in [6.45, 7) is -0.366. The molecule has 3 rings (SSSR count). The van der Waals surface area contributed by atoms with E-state index in [1.807, 2.05) is 0 Å². The van der Waals surface area contributed by atoms with Crippen molar-refractivity contribution in [3.63, 3.8) is 0 Å². The van der Waals surface area contributed by atoms with Crippen LogP contribution in [0.25, 0.3) is 0 Å². The van der Waals surface area contributed by atoms with Gasteiger partial charge in [0.2, 0.25) is 10.0 Å². The van der Waals surface area contributed by atoms with E-state index >= 15 is 0 Å². The Morgan fingerprint density at radius 2 is 2.15 bits per heavy atom. The normalized spacial score (nSPS) is 14.1. The molecule has 6 nitrogen and oxygen atoms in total. The molecule has 1 atom stereocenters. The van der Waals surface area contributed by atoms with Crippen molar-refractivity contribution in [3.8, 4) is 5.75 Å². The number of sulfonamides is 1. The number of thiophene rings is 1. The third-order valence-corrected chi connectivity index (χ3v) is 6.30. The molecule has 1 aromatic carbocycles. The number of benzene rings is 1. The highest BCUT2D eigenvalue weighted by molar-refractivity contribution is 7.89. The first-order valence-electron chi connectivity index (χ1n) is 7.49. The molecular formula is C17H16FNO5S2. The summed E-state index contributed by atoms with van der Waals surface area (Å²) in [5.74, 6) is -0.712. The first kappa shape index (κ1) is 18.6.